The highest BCUT2D eigenvalue weighted by Gasteiger charge is 2.09. The van der Waals surface area contributed by atoms with Gasteiger partial charge in [-0.3, -0.25) is 10.1 Å². The van der Waals surface area contributed by atoms with Gasteiger partial charge in [-0.15, -0.1) is 6.42 Å². The van der Waals surface area contributed by atoms with E-state index in [1.54, 1.807) is 0 Å². The molecule has 0 unspecified atom stereocenters. The molecule has 0 aliphatic carbocycles. The number of ether oxygens (including phenoxy) is 1. The zero-order valence-electron chi connectivity index (χ0n) is 7.67. The topological polar surface area (TPSA) is 69.4 Å². The molecule has 0 atom stereocenters. The molecule has 0 heterocycles. The summed E-state index contributed by atoms with van der Waals surface area (Å²) in [7, 11) is 0. The average molecular weight is 205 g/mol. The zero-order valence-corrected chi connectivity index (χ0v) is 7.67. The lowest BCUT2D eigenvalue weighted by molar-refractivity contribution is -0.384. The Kier molecular flexibility index (Phi) is 3.41. The largest absolute Gasteiger partial charge is 0.449 e. The highest BCUT2D eigenvalue weighted by molar-refractivity contribution is 5.89. The third-order valence-corrected chi connectivity index (χ3v) is 1.60. The van der Waals surface area contributed by atoms with E-state index in [2.05, 4.69) is 10.7 Å². The van der Waals surface area contributed by atoms with E-state index in [0.717, 1.165) is 0 Å². The monoisotopic (exact) mass is 205 g/mol. The summed E-state index contributed by atoms with van der Waals surface area (Å²) in [5, 5.41) is 10.3. The number of hydrogen-bond acceptors (Lipinski definition) is 4. The number of hydrogen-bond donors (Lipinski definition) is 0. The van der Waals surface area contributed by atoms with E-state index in [4.69, 9.17) is 6.42 Å². The van der Waals surface area contributed by atoms with Crippen LogP contribution in [0.5, 0.6) is 0 Å². The van der Waals surface area contributed by atoms with Crippen molar-refractivity contribution in [3.05, 3.63) is 39.9 Å². The maximum atomic E-state index is 11.2. The van der Waals surface area contributed by atoms with Gasteiger partial charge in [-0.25, -0.2) is 4.79 Å². The molecule has 0 aliphatic rings. The first-order valence-corrected chi connectivity index (χ1v) is 4.00. The average Bonchev–Trinajstić information content (AvgIpc) is 2.26. The summed E-state index contributed by atoms with van der Waals surface area (Å²) in [6.45, 7) is -0.115. The van der Waals surface area contributed by atoms with Gasteiger partial charge in [-0.05, 0) is 12.1 Å². The summed E-state index contributed by atoms with van der Waals surface area (Å²) in [6, 6.07) is 5.09. The van der Waals surface area contributed by atoms with E-state index in [-0.39, 0.29) is 17.9 Å². The van der Waals surface area contributed by atoms with Gasteiger partial charge in [0.15, 0.2) is 6.61 Å². The number of rotatable bonds is 3. The third kappa shape index (κ3) is 2.81. The summed E-state index contributed by atoms with van der Waals surface area (Å²) in [5.41, 5.74) is 0.152. The Balaban J connectivity index is 2.76. The van der Waals surface area contributed by atoms with Crippen molar-refractivity contribution in [3.8, 4) is 12.3 Å². The lowest BCUT2D eigenvalue weighted by atomic mass is 10.2. The predicted molar refractivity (Wildman–Crippen MR) is 52.2 cm³/mol. The van der Waals surface area contributed by atoms with Gasteiger partial charge in [0, 0.05) is 12.1 Å². The number of benzene rings is 1. The van der Waals surface area contributed by atoms with Crippen molar-refractivity contribution in [1.29, 1.82) is 0 Å². The number of esters is 1. The standard InChI is InChI=1S/C10H7NO4/c1-2-7-15-10(12)8-3-5-9(6-4-8)11(13)14/h1,3-6H,7H2. The van der Waals surface area contributed by atoms with Crippen molar-refractivity contribution in [2.75, 3.05) is 6.61 Å². The maximum absolute atomic E-state index is 11.2. The van der Waals surface area contributed by atoms with Crippen molar-refractivity contribution in [2.45, 2.75) is 0 Å². The number of carbonyl (C=O) groups excluding carboxylic acids is 1. The van der Waals surface area contributed by atoms with E-state index in [1.165, 1.54) is 24.3 Å². The fourth-order valence-corrected chi connectivity index (χ4v) is 0.910. The van der Waals surface area contributed by atoms with E-state index in [0.29, 0.717) is 0 Å². The molecule has 5 nitrogen and oxygen atoms in total. The number of nitro benzene ring substituents is 1. The zero-order chi connectivity index (χ0) is 11.3. The maximum Gasteiger partial charge on any atom is 0.339 e. The molecule has 1 aromatic carbocycles. The number of terminal acetylenes is 1. The third-order valence-electron chi connectivity index (χ3n) is 1.60. The minimum Gasteiger partial charge on any atom is -0.449 e. The molecule has 5 heteroatoms. The Labute approximate surface area is 85.8 Å². The molecule has 0 amide bonds. The first-order chi connectivity index (χ1) is 7.15. The van der Waals surface area contributed by atoms with E-state index >= 15 is 0 Å². The fraction of sp³-hybridized carbons (Fsp3) is 0.100. The molecule has 0 saturated heterocycles. The molecule has 0 N–H and O–H groups in total. The van der Waals surface area contributed by atoms with E-state index < -0.39 is 10.9 Å². The minimum absolute atomic E-state index is 0.0801. The molecular formula is C10H7NO4. The summed E-state index contributed by atoms with van der Waals surface area (Å²) in [4.78, 5) is 21.0. The Hall–Kier alpha value is -2.35. The number of nitrogens with zero attached hydrogens (tertiary/aromatic N) is 1. The van der Waals surface area contributed by atoms with Gasteiger partial charge in [-0.1, -0.05) is 5.92 Å². The van der Waals surface area contributed by atoms with Gasteiger partial charge in [-0.2, -0.15) is 0 Å². The second-order valence-electron chi connectivity index (χ2n) is 2.58. The number of non-ortho nitro benzene ring substituents is 1. The van der Waals surface area contributed by atoms with Gasteiger partial charge in [0.25, 0.3) is 5.69 Å². The molecular weight excluding hydrogens is 198 g/mol. The van der Waals surface area contributed by atoms with Gasteiger partial charge in [0.05, 0.1) is 10.5 Å². The SMILES string of the molecule is C#CCOC(=O)c1ccc([N+](=O)[O-])cc1. The molecule has 0 saturated carbocycles. The lowest BCUT2D eigenvalue weighted by Gasteiger charge is -1.99. The van der Waals surface area contributed by atoms with Crippen LogP contribution in [0.1, 0.15) is 10.4 Å². The van der Waals surface area contributed by atoms with Crippen LogP contribution < -0.4 is 0 Å². The highest BCUT2D eigenvalue weighted by Crippen LogP contribution is 2.12. The van der Waals surface area contributed by atoms with Crippen molar-refractivity contribution in [1.82, 2.24) is 0 Å². The summed E-state index contributed by atoms with van der Waals surface area (Å²) < 4.78 is 4.63. The van der Waals surface area contributed by atoms with E-state index in [1.807, 2.05) is 0 Å². The van der Waals surface area contributed by atoms with Crippen LogP contribution >= 0.6 is 0 Å². The summed E-state index contributed by atoms with van der Waals surface area (Å²) >= 11 is 0. The van der Waals surface area contributed by atoms with Crippen LogP contribution in [0, 0.1) is 22.5 Å². The first kappa shape index (κ1) is 10.7. The molecule has 0 radical (unpaired) electrons. The fourth-order valence-electron chi connectivity index (χ4n) is 0.910. The quantitative estimate of drug-likeness (QED) is 0.323. The smallest absolute Gasteiger partial charge is 0.339 e. The van der Waals surface area contributed by atoms with Crippen LogP contribution in [0.2, 0.25) is 0 Å². The van der Waals surface area contributed by atoms with Crippen LogP contribution in [0.15, 0.2) is 24.3 Å². The van der Waals surface area contributed by atoms with E-state index in [9.17, 15) is 14.9 Å². The highest BCUT2D eigenvalue weighted by atomic mass is 16.6. The lowest BCUT2D eigenvalue weighted by Crippen LogP contribution is -2.05. The second-order valence-corrected chi connectivity index (χ2v) is 2.58. The number of carbonyl (C=O) groups is 1. The molecule has 0 spiro atoms. The number of nitro groups is 1. The van der Waals surface area contributed by atoms with Gasteiger partial charge in [0.1, 0.15) is 0 Å². The van der Waals surface area contributed by atoms with Gasteiger partial charge in [0.2, 0.25) is 0 Å². The van der Waals surface area contributed by atoms with Crippen LogP contribution in [0.4, 0.5) is 5.69 Å². The molecule has 1 aromatic rings. The normalized spacial score (nSPS) is 9.00. The second kappa shape index (κ2) is 4.77. The molecule has 0 aliphatic heterocycles. The van der Waals surface area contributed by atoms with Crippen molar-refractivity contribution in [2.24, 2.45) is 0 Å². The Morgan fingerprint density at radius 1 is 1.47 bits per heavy atom. The Morgan fingerprint density at radius 3 is 2.53 bits per heavy atom. The predicted octanol–water partition coefficient (Wildman–Crippen LogP) is 1.38. The van der Waals surface area contributed by atoms with Gasteiger partial charge >= 0.3 is 5.97 Å². The first-order valence-electron chi connectivity index (χ1n) is 4.00. The Morgan fingerprint density at radius 2 is 2.07 bits per heavy atom. The molecule has 0 fully saturated rings. The summed E-state index contributed by atoms with van der Waals surface area (Å²) in [6.07, 6.45) is 4.90. The van der Waals surface area contributed by atoms with Crippen LogP contribution in [0.3, 0.4) is 0 Å². The van der Waals surface area contributed by atoms with Crippen LogP contribution in [0.25, 0.3) is 0 Å². The van der Waals surface area contributed by atoms with Crippen LogP contribution in [-0.4, -0.2) is 17.5 Å². The van der Waals surface area contributed by atoms with Crippen molar-refractivity contribution in [3.63, 3.8) is 0 Å². The van der Waals surface area contributed by atoms with Gasteiger partial charge < -0.3 is 4.74 Å². The Bertz CT molecular complexity index is 416. The van der Waals surface area contributed by atoms with Crippen LogP contribution in [-0.2, 0) is 4.74 Å². The molecule has 1 rings (SSSR count). The van der Waals surface area contributed by atoms with Crippen molar-refractivity contribution >= 4 is 11.7 Å². The summed E-state index contributed by atoms with van der Waals surface area (Å²) in [5.74, 6) is 1.55. The molecule has 15 heavy (non-hydrogen) atoms. The van der Waals surface area contributed by atoms with Crippen molar-refractivity contribution < 1.29 is 14.5 Å². The molecule has 0 aromatic heterocycles. The molecule has 0 bridgehead atoms. The minimum atomic E-state index is -0.595. The molecule has 76 valence electrons.